The summed E-state index contributed by atoms with van der Waals surface area (Å²) in [6, 6.07) is 8.56. The Balaban J connectivity index is 1.95. The molecule has 3 rings (SSSR count). The molecule has 0 radical (unpaired) electrons. The number of fused-ring (bicyclic) bond motifs is 1. The molecule has 0 fully saturated rings. The molecule has 1 aliphatic rings. The van der Waals surface area contributed by atoms with Crippen LogP contribution in [0.2, 0.25) is 10.0 Å². The zero-order valence-electron chi connectivity index (χ0n) is 18.9. The molecule has 1 N–H and O–H groups in total. The summed E-state index contributed by atoms with van der Waals surface area (Å²) in [6.45, 7) is 3.06. The molecule has 2 aromatic rings. The number of ether oxygens (including phenoxy) is 2. The van der Waals surface area contributed by atoms with Crippen LogP contribution >= 0.6 is 23.2 Å². The number of sulfonamides is 1. The van der Waals surface area contributed by atoms with Crippen molar-refractivity contribution in [2.45, 2.75) is 26.4 Å². The number of nitrogens with one attached hydrogen (secondary N) is 1. The first-order valence-corrected chi connectivity index (χ1v) is 13.0. The van der Waals surface area contributed by atoms with Crippen molar-refractivity contribution in [2.75, 3.05) is 30.4 Å². The predicted molar refractivity (Wildman–Crippen MR) is 130 cm³/mol. The molecule has 0 aromatic heterocycles. The Bertz CT molecular complexity index is 1170. The zero-order chi connectivity index (χ0) is 25.0. The molecule has 0 saturated heterocycles. The van der Waals surface area contributed by atoms with E-state index in [1.807, 2.05) is 0 Å². The standard InChI is InChI=1S/C22H25Cl2N3O6S/c1-4-25-22(29)14(2)26(11-16-17(23)6-5-7-18(16)24)21(28)12-27(34(3,30)31)15-8-9-19-20(10-15)33-13-32-19/h5-10,14H,4,11-13H2,1-3H3,(H,25,29)/t14-/m1/s1. The van der Waals surface area contributed by atoms with Crippen molar-refractivity contribution in [1.82, 2.24) is 10.2 Å². The summed E-state index contributed by atoms with van der Waals surface area (Å²) in [7, 11) is -3.87. The topological polar surface area (TPSA) is 105 Å². The van der Waals surface area contributed by atoms with Crippen LogP contribution in [0, 0.1) is 0 Å². The molecule has 12 heteroatoms. The number of benzene rings is 2. The smallest absolute Gasteiger partial charge is 0.244 e. The first kappa shape index (κ1) is 25.9. The number of anilines is 1. The molecule has 0 bridgehead atoms. The third kappa shape index (κ3) is 5.86. The van der Waals surface area contributed by atoms with E-state index in [-0.39, 0.29) is 19.0 Å². The number of rotatable bonds is 9. The number of amides is 2. The Morgan fingerprint density at radius 1 is 1.12 bits per heavy atom. The maximum Gasteiger partial charge on any atom is 0.244 e. The van der Waals surface area contributed by atoms with E-state index in [4.69, 9.17) is 32.7 Å². The van der Waals surface area contributed by atoms with Gasteiger partial charge in [0.15, 0.2) is 11.5 Å². The van der Waals surface area contributed by atoms with Crippen LogP contribution in [-0.4, -0.2) is 57.3 Å². The number of hydrogen-bond acceptors (Lipinski definition) is 6. The number of halogens is 2. The van der Waals surface area contributed by atoms with Crippen molar-refractivity contribution in [3.8, 4) is 11.5 Å². The normalized spacial score (nSPS) is 13.3. The first-order chi connectivity index (χ1) is 16.0. The molecule has 0 aliphatic carbocycles. The van der Waals surface area contributed by atoms with Crippen molar-refractivity contribution >= 4 is 50.7 Å². The van der Waals surface area contributed by atoms with Crippen molar-refractivity contribution in [3.63, 3.8) is 0 Å². The van der Waals surface area contributed by atoms with Crippen LogP contribution < -0.4 is 19.1 Å². The highest BCUT2D eigenvalue weighted by Gasteiger charge is 2.31. The maximum absolute atomic E-state index is 13.5. The maximum atomic E-state index is 13.5. The van der Waals surface area contributed by atoms with Gasteiger partial charge in [0.25, 0.3) is 0 Å². The summed E-state index contributed by atoms with van der Waals surface area (Å²) in [5.74, 6) is -0.164. The van der Waals surface area contributed by atoms with Crippen molar-refractivity contribution in [2.24, 2.45) is 0 Å². The molecular weight excluding hydrogens is 505 g/mol. The number of carbonyl (C=O) groups is 2. The van der Waals surface area contributed by atoms with Gasteiger partial charge in [0.1, 0.15) is 12.6 Å². The second-order valence-electron chi connectivity index (χ2n) is 7.60. The van der Waals surface area contributed by atoms with Gasteiger partial charge in [0.05, 0.1) is 11.9 Å². The van der Waals surface area contributed by atoms with Crippen LogP contribution in [0.15, 0.2) is 36.4 Å². The van der Waals surface area contributed by atoms with E-state index in [0.29, 0.717) is 33.7 Å². The lowest BCUT2D eigenvalue weighted by atomic mass is 10.1. The first-order valence-electron chi connectivity index (χ1n) is 10.4. The fourth-order valence-electron chi connectivity index (χ4n) is 3.41. The molecule has 1 atom stereocenters. The van der Waals surface area contributed by atoms with Gasteiger partial charge in [-0.2, -0.15) is 0 Å². The number of likely N-dealkylation sites (N-methyl/N-ethyl adjacent to an activating group) is 1. The molecule has 2 aromatic carbocycles. The van der Waals surface area contributed by atoms with Gasteiger partial charge in [-0.1, -0.05) is 29.3 Å². The second-order valence-corrected chi connectivity index (χ2v) is 10.3. The van der Waals surface area contributed by atoms with Crippen LogP contribution in [0.25, 0.3) is 0 Å². The van der Waals surface area contributed by atoms with E-state index in [1.165, 1.54) is 17.0 Å². The molecular formula is C22H25Cl2N3O6S. The summed E-state index contributed by atoms with van der Waals surface area (Å²) < 4.78 is 36.8. The highest BCUT2D eigenvalue weighted by molar-refractivity contribution is 7.92. The number of nitrogens with zero attached hydrogens (tertiary/aromatic N) is 2. The highest BCUT2D eigenvalue weighted by atomic mass is 35.5. The summed E-state index contributed by atoms with van der Waals surface area (Å²) in [6.07, 6.45) is 0.993. The molecule has 1 aliphatic heterocycles. The van der Waals surface area contributed by atoms with E-state index in [0.717, 1.165) is 10.6 Å². The van der Waals surface area contributed by atoms with Gasteiger partial charge in [-0.25, -0.2) is 8.42 Å². The fraction of sp³-hybridized carbons (Fsp3) is 0.364. The predicted octanol–water partition coefficient (Wildman–Crippen LogP) is 3.04. The molecule has 34 heavy (non-hydrogen) atoms. The summed E-state index contributed by atoms with van der Waals surface area (Å²) in [4.78, 5) is 27.3. The third-order valence-electron chi connectivity index (χ3n) is 5.23. The molecule has 1 heterocycles. The molecule has 0 saturated carbocycles. The average molecular weight is 530 g/mol. The Labute approximate surface area is 208 Å². The van der Waals surface area contributed by atoms with Gasteiger partial charge in [-0.3, -0.25) is 13.9 Å². The van der Waals surface area contributed by atoms with E-state index < -0.39 is 34.4 Å². The lowest BCUT2D eigenvalue weighted by Gasteiger charge is -2.31. The van der Waals surface area contributed by atoms with Gasteiger partial charge < -0.3 is 19.7 Å². The van der Waals surface area contributed by atoms with E-state index >= 15 is 0 Å². The van der Waals surface area contributed by atoms with E-state index in [2.05, 4.69) is 5.32 Å². The Kier molecular flexibility index (Phi) is 8.17. The fourth-order valence-corrected chi connectivity index (χ4v) is 4.77. The lowest BCUT2D eigenvalue weighted by molar-refractivity contribution is -0.139. The Morgan fingerprint density at radius 2 is 1.76 bits per heavy atom. The van der Waals surface area contributed by atoms with Gasteiger partial charge in [-0.05, 0) is 38.1 Å². The monoisotopic (exact) mass is 529 g/mol. The Hall–Kier alpha value is -2.69. The lowest BCUT2D eigenvalue weighted by Crippen LogP contribution is -2.51. The van der Waals surface area contributed by atoms with Crippen molar-refractivity contribution in [3.05, 3.63) is 52.0 Å². The van der Waals surface area contributed by atoms with Crippen molar-refractivity contribution in [1.29, 1.82) is 0 Å². The molecule has 184 valence electrons. The van der Waals surface area contributed by atoms with Crippen LogP contribution in [0.4, 0.5) is 5.69 Å². The SMILES string of the molecule is CCNC(=O)[C@@H](C)N(Cc1c(Cl)cccc1Cl)C(=O)CN(c1ccc2c(c1)OCO2)S(C)(=O)=O. The minimum Gasteiger partial charge on any atom is -0.454 e. The summed E-state index contributed by atoms with van der Waals surface area (Å²) in [5.41, 5.74) is 0.672. The van der Waals surface area contributed by atoms with E-state index in [1.54, 1.807) is 38.1 Å². The average Bonchev–Trinajstić information content (AvgIpc) is 3.24. The second kappa shape index (κ2) is 10.7. The van der Waals surface area contributed by atoms with Gasteiger partial charge >= 0.3 is 0 Å². The van der Waals surface area contributed by atoms with Crippen molar-refractivity contribution < 1.29 is 27.5 Å². The molecule has 0 unspecified atom stereocenters. The van der Waals surface area contributed by atoms with Gasteiger partial charge in [0.2, 0.25) is 28.6 Å². The third-order valence-corrected chi connectivity index (χ3v) is 7.08. The quantitative estimate of drug-likeness (QED) is 0.535. The van der Waals surface area contributed by atoms with Gasteiger partial charge in [0, 0.05) is 34.8 Å². The summed E-state index contributed by atoms with van der Waals surface area (Å²) >= 11 is 12.6. The molecule has 0 spiro atoms. The molecule has 9 nitrogen and oxygen atoms in total. The Morgan fingerprint density at radius 3 is 2.38 bits per heavy atom. The number of carbonyl (C=O) groups excluding carboxylic acids is 2. The van der Waals surface area contributed by atoms with Gasteiger partial charge in [-0.15, -0.1) is 0 Å². The molecule has 2 amide bonds. The van der Waals surface area contributed by atoms with Crippen LogP contribution in [0.1, 0.15) is 19.4 Å². The van der Waals surface area contributed by atoms with E-state index in [9.17, 15) is 18.0 Å². The number of hydrogen-bond donors (Lipinski definition) is 1. The zero-order valence-corrected chi connectivity index (χ0v) is 21.2. The minimum atomic E-state index is -3.87. The summed E-state index contributed by atoms with van der Waals surface area (Å²) in [5, 5.41) is 3.32. The van der Waals surface area contributed by atoms with Crippen LogP contribution in [-0.2, 0) is 26.2 Å². The highest BCUT2D eigenvalue weighted by Crippen LogP contribution is 2.36. The van der Waals surface area contributed by atoms with Crippen LogP contribution in [0.3, 0.4) is 0 Å². The minimum absolute atomic E-state index is 0.0209. The van der Waals surface area contributed by atoms with Crippen LogP contribution in [0.5, 0.6) is 11.5 Å². The largest absolute Gasteiger partial charge is 0.454 e.